The monoisotopic (exact) mass is 270 g/mol. The summed E-state index contributed by atoms with van der Waals surface area (Å²) in [6.07, 6.45) is 2.02. The number of nitrogens with zero attached hydrogens (tertiary/aromatic N) is 1. The lowest BCUT2D eigenvalue weighted by Crippen LogP contribution is -2.50. The van der Waals surface area contributed by atoms with Gasteiger partial charge in [0.25, 0.3) is 0 Å². The molecule has 1 heterocycles. The second-order valence-corrected chi connectivity index (χ2v) is 7.00. The van der Waals surface area contributed by atoms with E-state index in [4.69, 9.17) is 0 Å². The molecule has 3 nitrogen and oxygen atoms in total. The summed E-state index contributed by atoms with van der Waals surface area (Å²) in [5.74, 6) is 1.71. The normalized spacial score (nSPS) is 27.2. The van der Waals surface area contributed by atoms with Crippen molar-refractivity contribution in [3.63, 3.8) is 0 Å². The van der Waals surface area contributed by atoms with Gasteiger partial charge in [0.1, 0.15) is 0 Å². The zero-order valence-electron chi connectivity index (χ0n) is 13.5. The van der Waals surface area contributed by atoms with E-state index >= 15 is 0 Å². The molecule has 0 saturated carbocycles. The number of nitrogens with one attached hydrogen (secondary N) is 1. The second kappa shape index (κ2) is 8.23. The van der Waals surface area contributed by atoms with Crippen LogP contribution in [-0.4, -0.2) is 48.3 Å². The molecule has 0 aromatic carbocycles. The van der Waals surface area contributed by atoms with Crippen LogP contribution in [0, 0.1) is 17.8 Å². The fraction of sp³-hybridized carbons (Fsp3) is 1.00. The first-order chi connectivity index (χ1) is 8.92. The van der Waals surface area contributed by atoms with Gasteiger partial charge in [0.15, 0.2) is 0 Å². The van der Waals surface area contributed by atoms with Crippen LogP contribution in [-0.2, 0) is 0 Å². The molecular weight excluding hydrogens is 236 g/mol. The third-order valence-corrected chi connectivity index (χ3v) is 4.22. The Morgan fingerprint density at radius 1 is 1.21 bits per heavy atom. The molecule has 3 atom stereocenters. The van der Waals surface area contributed by atoms with Crippen molar-refractivity contribution in [3.05, 3.63) is 0 Å². The van der Waals surface area contributed by atoms with Crippen LogP contribution in [0.2, 0.25) is 0 Å². The largest absolute Gasteiger partial charge is 0.393 e. The van der Waals surface area contributed by atoms with Crippen LogP contribution in [0.3, 0.4) is 0 Å². The lowest BCUT2D eigenvalue weighted by atomic mass is 9.86. The lowest BCUT2D eigenvalue weighted by Gasteiger charge is -2.39. The van der Waals surface area contributed by atoms with Crippen molar-refractivity contribution >= 4 is 0 Å². The molecule has 0 bridgehead atoms. The highest BCUT2D eigenvalue weighted by molar-refractivity contribution is 4.84. The van der Waals surface area contributed by atoms with Gasteiger partial charge in [-0.1, -0.05) is 34.6 Å². The zero-order chi connectivity index (χ0) is 14.4. The molecule has 114 valence electrons. The third kappa shape index (κ3) is 6.24. The van der Waals surface area contributed by atoms with Crippen LogP contribution in [0.5, 0.6) is 0 Å². The summed E-state index contributed by atoms with van der Waals surface area (Å²) in [5.41, 5.74) is 0. The molecule has 0 amide bonds. The number of rotatable bonds is 7. The van der Waals surface area contributed by atoms with Gasteiger partial charge in [-0.2, -0.15) is 0 Å². The zero-order valence-corrected chi connectivity index (χ0v) is 13.5. The Morgan fingerprint density at radius 3 is 2.42 bits per heavy atom. The van der Waals surface area contributed by atoms with Gasteiger partial charge in [-0.25, -0.2) is 0 Å². The molecule has 0 aliphatic carbocycles. The quantitative estimate of drug-likeness (QED) is 0.745. The smallest absolute Gasteiger partial charge is 0.0566 e. The van der Waals surface area contributed by atoms with Crippen molar-refractivity contribution in [2.45, 2.75) is 59.6 Å². The van der Waals surface area contributed by atoms with Crippen LogP contribution >= 0.6 is 0 Å². The number of aliphatic hydroxyl groups is 1. The minimum Gasteiger partial charge on any atom is -0.393 e. The summed E-state index contributed by atoms with van der Waals surface area (Å²) in [6.45, 7) is 15.5. The summed E-state index contributed by atoms with van der Waals surface area (Å²) in [5, 5.41) is 13.8. The first-order valence-electron chi connectivity index (χ1n) is 8.06. The summed E-state index contributed by atoms with van der Waals surface area (Å²) >= 11 is 0. The highest BCUT2D eigenvalue weighted by Gasteiger charge is 2.28. The van der Waals surface area contributed by atoms with Crippen LogP contribution < -0.4 is 5.32 Å². The number of piperidine rings is 1. The highest BCUT2D eigenvalue weighted by atomic mass is 16.3. The Kier molecular flexibility index (Phi) is 7.33. The van der Waals surface area contributed by atoms with Gasteiger partial charge in [-0.3, -0.25) is 0 Å². The SMILES string of the molecule is CCN1CC(CC(O)C(C)C)CC(NCC(C)C)C1. The second-order valence-electron chi connectivity index (χ2n) is 7.00. The van der Waals surface area contributed by atoms with Gasteiger partial charge in [-0.15, -0.1) is 0 Å². The molecule has 0 aromatic heterocycles. The van der Waals surface area contributed by atoms with E-state index in [0.29, 0.717) is 23.8 Å². The van der Waals surface area contributed by atoms with Crippen molar-refractivity contribution in [1.29, 1.82) is 0 Å². The Hall–Kier alpha value is -0.120. The Balaban J connectivity index is 2.47. The number of likely N-dealkylation sites (tertiary alicyclic amines) is 1. The molecule has 3 heteroatoms. The average molecular weight is 270 g/mol. The van der Waals surface area contributed by atoms with E-state index in [9.17, 15) is 5.11 Å². The molecule has 1 rings (SSSR count). The maximum absolute atomic E-state index is 10.1. The number of aliphatic hydroxyl groups excluding tert-OH is 1. The van der Waals surface area contributed by atoms with E-state index in [0.717, 1.165) is 32.6 Å². The molecule has 2 N–H and O–H groups in total. The van der Waals surface area contributed by atoms with Crippen LogP contribution in [0.25, 0.3) is 0 Å². The predicted octanol–water partition coefficient (Wildman–Crippen LogP) is 2.35. The molecule has 19 heavy (non-hydrogen) atoms. The first kappa shape index (κ1) is 16.9. The van der Waals surface area contributed by atoms with Crippen molar-refractivity contribution in [1.82, 2.24) is 10.2 Å². The third-order valence-electron chi connectivity index (χ3n) is 4.22. The Morgan fingerprint density at radius 2 is 1.89 bits per heavy atom. The predicted molar refractivity (Wildman–Crippen MR) is 82.3 cm³/mol. The van der Waals surface area contributed by atoms with E-state index in [2.05, 4.69) is 44.8 Å². The highest BCUT2D eigenvalue weighted by Crippen LogP contribution is 2.23. The molecule has 0 spiro atoms. The van der Waals surface area contributed by atoms with Gasteiger partial charge in [-0.05, 0) is 43.7 Å². The molecular formula is C16H34N2O. The van der Waals surface area contributed by atoms with E-state index < -0.39 is 0 Å². The summed E-state index contributed by atoms with van der Waals surface area (Å²) in [4.78, 5) is 2.53. The molecule has 1 fully saturated rings. The Labute approximate surface area is 119 Å². The maximum atomic E-state index is 10.1. The Bertz CT molecular complexity index is 243. The fourth-order valence-corrected chi connectivity index (χ4v) is 2.90. The molecule has 0 radical (unpaired) electrons. The lowest BCUT2D eigenvalue weighted by molar-refractivity contribution is 0.0628. The summed E-state index contributed by atoms with van der Waals surface area (Å²) in [7, 11) is 0. The van der Waals surface area contributed by atoms with Gasteiger partial charge < -0.3 is 15.3 Å². The van der Waals surface area contributed by atoms with Gasteiger partial charge in [0.05, 0.1) is 6.10 Å². The molecule has 0 aromatic rings. The van der Waals surface area contributed by atoms with Crippen LogP contribution in [0.1, 0.15) is 47.5 Å². The van der Waals surface area contributed by atoms with E-state index in [1.165, 1.54) is 6.42 Å². The van der Waals surface area contributed by atoms with E-state index in [-0.39, 0.29) is 6.10 Å². The molecule has 1 aliphatic rings. The number of hydrogen-bond donors (Lipinski definition) is 2. The van der Waals surface area contributed by atoms with Gasteiger partial charge >= 0.3 is 0 Å². The van der Waals surface area contributed by atoms with Crippen LogP contribution in [0.15, 0.2) is 0 Å². The van der Waals surface area contributed by atoms with Crippen molar-refractivity contribution in [3.8, 4) is 0 Å². The van der Waals surface area contributed by atoms with Gasteiger partial charge in [0.2, 0.25) is 0 Å². The standard InChI is InChI=1S/C16H34N2O/c1-6-18-10-14(8-16(19)13(4)5)7-15(11-18)17-9-12(2)3/h12-17,19H,6-11H2,1-5H3. The minimum absolute atomic E-state index is 0.146. The van der Waals surface area contributed by atoms with E-state index in [1.54, 1.807) is 0 Å². The minimum atomic E-state index is -0.146. The summed E-state index contributed by atoms with van der Waals surface area (Å²) in [6, 6.07) is 0.598. The van der Waals surface area contributed by atoms with Crippen LogP contribution in [0.4, 0.5) is 0 Å². The van der Waals surface area contributed by atoms with Crippen molar-refractivity contribution in [2.75, 3.05) is 26.2 Å². The van der Waals surface area contributed by atoms with E-state index in [1.807, 2.05) is 0 Å². The maximum Gasteiger partial charge on any atom is 0.0566 e. The number of likely N-dealkylation sites (N-methyl/N-ethyl adjacent to an activating group) is 1. The molecule has 3 unspecified atom stereocenters. The molecule has 1 saturated heterocycles. The number of hydrogen-bond acceptors (Lipinski definition) is 3. The summed E-state index contributed by atoms with van der Waals surface area (Å²) < 4.78 is 0. The fourth-order valence-electron chi connectivity index (χ4n) is 2.90. The van der Waals surface area contributed by atoms with Crippen molar-refractivity contribution in [2.24, 2.45) is 17.8 Å². The van der Waals surface area contributed by atoms with Gasteiger partial charge in [0, 0.05) is 19.1 Å². The first-order valence-corrected chi connectivity index (χ1v) is 8.06. The van der Waals surface area contributed by atoms with Crippen molar-refractivity contribution < 1.29 is 5.11 Å². The molecule has 1 aliphatic heterocycles. The topological polar surface area (TPSA) is 35.5 Å². The average Bonchev–Trinajstić information content (AvgIpc) is 2.35.